The van der Waals surface area contributed by atoms with Crippen LogP contribution in [-0.2, 0) is 20.8 Å². The molecule has 5 heteroatoms. The molecule has 0 bridgehead atoms. The Kier molecular flexibility index (Phi) is 5.39. The highest BCUT2D eigenvalue weighted by Crippen LogP contribution is 2.50. The monoisotopic (exact) mass is 373 g/mol. The Morgan fingerprint density at radius 3 is 2.81 bits per heavy atom. The second kappa shape index (κ2) is 7.75. The van der Waals surface area contributed by atoms with Gasteiger partial charge in [0.25, 0.3) is 0 Å². The molecule has 1 saturated heterocycles. The van der Waals surface area contributed by atoms with Gasteiger partial charge in [-0.3, -0.25) is 4.90 Å². The van der Waals surface area contributed by atoms with E-state index in [2.05, 4.69) is 35.2 Å². The zero-order valence-electron chi connectivity index (χ0n) is 15.4. The molecule has 1 fully saturated rings. The molecule has 0 radical (unpaired) electrons. The Labute approximate surface area is 159 Å². The van der Waals surface area contributed by atoms with Gasteiger partial charge in [-0.05, 0) is 42.2 Å². The summed E-state index contributed by atoms with van der Waals surface area (Å²) in [4.78, 5) is 16.2. The fourth-order valence-corrected chi connectivity index (χ4v) is 5.70. The molecule has 0 aromatic heterocycles. The molecular formula is C21H27NO3S. The minimum atomic E-state index is -0.431. The number of ether oxygens (including phenoxy) is 2. The Hall–Kier alpha value is -1.30. The van der Waals surface area contributed by atoms with Gasteiger partial charge in [-0.2, -0.15) is 0 Å². The van der Waals surface area contributed by atoms with Crippen LogP contribution in [0.25, 0.3) is 0 Å². The highest BCUT2D eigenvalue weighted by atomic mass is 32.2. The average Bonchev–Trinajstić information content (AvgIpc) is 3.14. The third-order valence-corrected chi connectivity index (χ3v) is 6.89. The van der Waals surface area contributed by atoms with Crippen LogP contribution in [0.15, 0.2) is 40.8 Å². The zero-order valence-corrected chi connectivity index (χ0v) is 16.2. The predicted molar refractivity (Wildman–Crippen MR) is 104 cm³/mol. The summed E-state index contributed by atoms with van der Waals surface area (Å²) in [5.41, 5.74) is 2.58. The van der Waals surface area contributed by atoms with Crippen LogP contribution in [0, 0.1) is 0 Å². The van der Waals surface area contributed by atoms with E-state index in [9.17, 15) is 4.79 Å². The number of benzene rings is 1. The SMILES string of the molecule is CCOC(=O)C1CC2=C(CCS2)C2(CCN(Cc3ccccc3)CC2)O1. The molecule has 1 atom stereocenters. The number of carbonyl (C=O) groups is 1. The van der Waals surface area contributed by atoms with E-state index >= 15 is 0 Å². The minimum Gasteiger partial charge on any atom is -0.464 e. The van der Waals surface area contributed by atoms with Crippen LogP contribution in [0.3, 0.4) is 0 Å². The van der Waals surface area contributed by atoms with Crippen LogP contribution in [-0.4, -0.2) is 48.0 Å². The maximum absolute atomic E-state index is 12.3. The van der Waals surface area contributed by atoms with Crippen molar-refractivity contribution in [1.82, 2.24) is 4.90 Å². The van der Waals surface area contributed by atoms with Crippen LogP contribution in [0.2, 0.25) is 0 Å². The molecule has 140 valence electrons. The summed E-state index contributed by atoms with van der Waals surface area (Å²) >= 11 is 1.91. The van der Waals surface area contributed by atoms with Gasteiger partial charge in [0.05, 0.1) is 12.2 Å². The van der Waals surface area contributed by atoms with Gasteiger partial charge in [0.15, 0.2) is 6.10 Å². The number of thioether (sulfide) groups is 1. The predicted octanol–water partition coefficient (Wildman–Crippen LogP) is 3.76. The quantitative estimate of drug-likeness (QED) is 0.752. The van der Waals surface area contributed by atoms with E-state index in [0.29, 0.717) is 13.0 Å². The lowest BCUT2D eigenvalue weighted by atomic mass is 9.79. The summed E-state index contributed by atoms with van der Waals surface area (Å²) in [5.74, 6) is 0.927. The number of hydrogen-bond acceptors (Lipinski definition) is 5. The molecule has 1 unspecified atom stereocenters. The lowest BCUT2D eigenvalue weighted by molar-refractivity contribution is -0.173. The maximum atomic E-state index is 12.3. The van der Waals surface area contributed by atoms with E-state index in [4.69, 9.17) is 9.47 Å². The summed E-state index contributed by atoms with van der Waals surface area (Å²) in [6.07, 6.45) is 3.31. The Morgan fingerprint density at radius 1 is 1.31 bits per heavy atom. The minimum absolute atomic E-state index is 0.197. The van der Waals surface area contributed by atoms with Gasteiger partial charge in [0.1, 0.15) is 0 Å². The number of likely N-dealkylation sites (tertiary alicyclic amines) is 1. The number of rotatable bonds is 4. The number of hydrogen-bond donors (Lipinski definition) is 0. The molecule has 0 saturated carbocycles. The molecule has 4 rings (SSSR count). The van der Waals surface area contributed by atoms with Gasteiger partial charge in [-0.25, -0.2) is 4.79 Å². The zero-order chi connectivity index (χ0) is 18.0. The molecule has 0 aliphatic carbocycles. The molecule has 0 amide bonds. The molecule has 3 aliphatic rings. The van der Waals surface area contributed by atoms with E-state index in [0.717, 1.165) is 44.6 Å². The van der Waals surface area contributed by atoms with Gasteiger partial charge >= 0.3 is 5.97 Å². The van der Waals surface area contributed by atoms with E-state index < -0.39 is 6.10 Å². The second-order valence-corrected chi connectivity index (χ2v) is 8.51. The van der Waals surface area contributed by atoms with E-state index in [1.165, 1.54) is 16.0 Å². The number of piperidine rings is 1. The third-order valence-electron chi connectivity index (χ3n) is 5.72. The Morgan fingerprint density at radius 2 is 2.08 bits per heavy atom. The van der Waals surface area contributed by atoms with Crippen molar-refractivity contribution in [3.8, 4) is 0 Å². The summed E-state index contributed by atoms with van der Waals surface area (Å²) < 4.78 is 11.7. The van der Waals surface area contributed by atoms with Crippen molar-refractivity contribution in [2.45, 2.75) is 50.9 Å². The molecular weight excluding hydrogens is 346 g/mol. The van der Waals surface area contributed by atoms with Crippen molar-refractivity contribution in [2.75, 3.05) is 25.4 Å². The van der Waals surface area contributed by atoms with Crippen molar-refractivity contribution < 1.29 is 14.3 Å². The van der Waals surface area contributed by atoms with Gasteiger partial charge in [-0.1, -0.05) is 30.3 Å². The lowest BCUT2D eigenvalue weighted by Gasteiger charge is -2.46. The van der Waals surface area contributed by atoms with Crippen LogP contribution in [0.5, 0.6) is 0 Å². The normalized spacial score (nSPS) is 25.3. The molecule has 4 nitrogen and oxygen atoms in total. The first kappa shape index (κ1) is 18.1. The number of esters is 1. The summed E-state index contributed by atoms with van der Waals surface area (Å²) in [5, 5.41) is 0. The average molecular weight is 374 g/mol. The lowest BCUT2D eigenvalue weighted by Crippen LogP contribution is -2.52. The first-order chi connectivity index (χ1) is 12.7. The maximum Gasteiger partial charge on any atom is 0.335 e. The van der Waals surface area contributed by atoms with Crippen LogP contribution < -0.4 is 0 Å². The Bertz CT molecular complexity index is 680. The first-order valence-electron chi connectivity index (χ1n) is 9.66. The molecule has 0 N–H and O–H groups in total. The highest BCUT2D eigenvalue weighted by Gasteiger charge is 2.48. The Balaban J connectivity index is 1.47. The molecule has 3 heterocycles. The van der Waals surface area contributed by atoms with E-state index in [1.807, 2.05) is 18.7 Å². The van der Waals surface area contributed by atoms with Crippen LogP contribution in [0.1, 0.15) is 38.2 Å². The summed E-state index contributed by atoms with van der Waals surface area (Å²) in [7, 11) is 0. The van der Waals surface area contributed by atoms with Gasteiger partial charge in [0.2, 0.25) is 0 Å². The van der Waals surface area contributed by atoms with Crippen molar-refractivity contribution >= 4 is 17.7 Å². The fourth-order valence-electron chi connectivity index (χ4n) is 4.42. The van der Waals surface area contributed by atoms with Crippen LogP contribution >= 0.6 is 11.8 Å². The van der Waals surface area contributed by atoms with Gasteiger partial charge in [0, 0.05) is 31.8 Å². The molecule has 1 spiro atoms. The first-order valence-corrected chi connectivity index (χ1v) is 10.6. The molecule has 1 aromatic carbocycles. The summed E-state index contributed by atoms with van der Waals surface area (Å²) in [6, 6.07) is 10.6. The second-order valence-electron chi connectivity index (χ2n) is 7.32. The van der Waals surface area contributed by atoms with Crippen molar-refractivity contribution in [3.05, 3.63) is 46.4 Å². The van der Waals surface area contributed by atoms with Crippen molar-refractivity contribution in [2.24, 2.45) is 0 Å². The van der Waals surface area contributed by atoms with Crippen LogP contribution in [0.4, 0.5) is 0 Å². The largest absolute Gasteiger partial charge is 0.464 e. The number of fused-ring (bicyclic) bond motifs is 1. The highest BCUT2D eigenvalue weighted by molar-refractivity contribution is 8.03. The van der Waals surface area contributed by atoms with Crippen molar-refractivity contribution in [1.29, 1.82) is 0 Å². The summed E-state index contributed by atoms with van der Waals surface area (Å²) in [6.45, 7) is 5.26. The smallest absolute Gasteiger partial charge is 0.335 e. The molecule has 26 heavy (non-hydrogen) atoms. The fraction of sp³-hybridized carbons (Fsp3) is 0.571. The number of nitrogens with zero attached hydrogens (tertiary/aromatic N) is 1. The van der Waals surface area contributed by atoms with E-state index in [-0.39, 0.29) is 11.6 Å². The topological polar surface area (TPSA) is 38.8 Å². The standard InChI is InChI=1S/C21H27NO3S/c1-2-24-20(23)18-14-19-17(8-13-26-19)21(25-18)9-11-22(12-10-21)15-16-6-4-3-5-7-16/h3-7,18H,2,8-15H2,1H3. The van der Waals surface area contributed by atoms with Gasteiger partial charge < -0.3 is 9.47 Å². The number of carbonyl (C=O) groups excluding carboxylic acids is 1. The van der Waals surface area contributed by atoms with Gasteiger partial charge in [-0.15, -0.1) is 11.8 Å². The molecule has 1 aromatic rings. The third kappa shape index (κ3) is 3.57. The van der Waals surface area contributed by atoms with Crippen molar-refractivity contribution in [3.63, 3.8) is 0 Å². The van der Waals surface area contributed by atoms with E-state index in [1.54, 1.807) is 0 Å². The molecule has 3 aliphatic heterocycles.